The number of rotatable bonds is 9. The highest BCUT2D eigenvalue weighted by atomic mass is 16.5. The predicted molar refractivity (Wildman–Crippen MR) is 87.1 cm³/mol. The molecule has 2 atom stereocenters. The number of hydrogen-bond donors (Lipinski definition) is 1. The second kappa shape index (κ2) is 8.93. The Labute approximate surface area is 129 Å². The number of para-hydroxylation sites is 2. The molecule has 118 valence electrons. The Morgan fingerprint density at radius 2 is 1.86 bits per heavy atom. The molecule has 0 saturated heterocycles. The second-order valence-corrected chi connectivity index (χ2v) is 5.77. The Balaban J connectivity index is 1.78. The maximum atomic E-state index is 5.95. The predicted octanol–water partition coefficient (Wildman–Crippen LogP) is 4.02. The van der Waals surface area contributed by atoms with Crippen molar-refractivity contribution < 1.29 is 9.47 Å². The molecule has 3 nitrogen and oxygen atoms in total. The number of benzene rings is 1. The molecule has 0 radical (unpaired) electrons. The molecule has 2 rings (SSSR count). The Morgan fingerprint density at radius 3 is 2.57 bits per heavy atom. The quantitative estimate of drug-likeness (QED) is 0.745. The fourth-order valence-electron chi connectivity index (χ4n) is 3.15. The number of nitrogens with one attached hydrogen (secondary N) is 1. The zero-order valence-electron chi connectivity index (χ0n) is 13.4. The van der Waals surface area contributed by atoms with Crippen molar-refractivity contribution in [2.24, 2.45) is 5.92 Å². The zero-order valence-corrected chi connectivity index (χ0v) is 13.4. The maximum absolute atomic E-state index is 5.95. The van der Waals surface area contributed by atoms with Gasteiger partial charge in [0.05, 0.1) is 13.2 Å². The fourth-order valence-corrected chi connectivity index (χ4v) is 3.15. The molecule has 21 heavy (non-hydrogen) atoms. The van der Waals surface area contributed by atoms with Crippen LogP contribution in [0, 0.1) is 5.92 Å². The SMILES string of the molecule is CCCNC1CCCC1CCOc1ccccc1OCC. The molecule has 1 N–H and O–H groups in total. The third kappa shape index (κ3) is 4.92. The molecular formula is C18H29NO2. The van der Waals surface area contributed by atoms with Gasteiger partial charge in [-0.25, -0.2) is 0 Å². The van der Waals surface area contributed by atoms with E-state index in [4.69, 9.17) is 9.47 Å². The smallest absolute Gasteiger partial charge is 0.161 e. The van der Waals surface area contributed by atoms with Gasteiger partial charge in [-0.3, -0.25) is 0 Å². The minimum absolute atomic E-state index is 0.673. The molecule has 3 heteroatoms. The van der Waals surface area contributed by atoms with Crippen LogP contribution in [-0.4, -0.2) is 25.8 Å². The van der Waals surface area contributed by atoms with E-state index in [9.17, 15) is 0 Å². The van der Waals surface area contributed by atoms with Gasteiger partial charge >= 0.3 is 0 Å². The lowest BCUT2D eigenvalue weighted by Gasteiger charge is -2.21. The van der Waals surface area contributed by atoms with Gasteiger partial charge in [-0.15, -0.1) is 0 Å². The third-order valence-corrected chi connectivity index (χ3v) is 4.21. The average molecular weight is 291 g/mol. The molecule has 2 unspecified atom stereocenters. The summed E-state index contributed by atoms with van der Waals surface area (Å²) in [6, 6.07) is 8.64. The van der Waals surface area contributed by atoms with E-state index in [1.54, 1.807) is 0 Å². The molecule has 0 heterocycles. The van der Waals surface area contributed by atoms with Crippen LogP contribution in [0.25, 0.3) is 0 Å². The summed E-state index contributed by atoms with van der Waals surface area (Å²) in [6.45, 7) is 6.81. The molecule has 0 aliphatic heterocycles. The lowest BCUT2D eigenvalue weighted by Crippen LogP contribution is -2.33. The van der Waals surface area contributed by atoms with Crippen molar-refractivity contribution in [2.45, 2.75) is 52.0 Å². The second-order valence-electron chi connectivity index (χ2n) is 5.77. The first-order valence-electron chi connectivity index (χ1n) is 8.43. The van der Waals surface area contributed by atoms with E-state index in [0.29, 0.717) is 12.6 Å². The van der Waals surface area contributed by atoms with E-state index in [0.717, 1.165) is 37.0 Å². The van der Waals surface area contributed by atoms with Crippen LogP contribution in [0.3, 0.4) is 0 Å². The van der Waals surface area contributed by atoms with Gasteiger partial charge in [0.15, 0.2) is 11.5 Å². The molecule has 1 fully saturated rings. The van der Waals surface area contributed by atoms with Crippen LogP contribution in [0.1, 0.15) is 46.0 Å². The van der Waals surface area contributed by atoms with Gasteiger partial charge in [-0.1, -0.05) is 25.5 Å². The van der Waals surface area contributed by atoms with Crippen molar-refractivity contribution >= 4 is 0 Å². The molecule has 0 bridgehead atoms. The zero-order chi connectivity index (χ0) is 14.9. The van der Waals surface area contributed by atoms with E-state index in [1.807, 2.05) is 31.2 Å². The van der Waals surface area contributed by atoms with Crippen LogP contribution in [0.15, 0.2) is 24.3 Å². The Kier molecular flexibility index (Phi) is 6.87. The van der Waals surface area contributed by atoms with Gasteiger partial charge in [0.1, 0.15) is 0 Å². The lowest BCUT2D eigenvalue weighted by atomic mass is 10.00. The highest BCUT2D eigenvalue weighted by molar-refractivity contribution is 5.39. The summed E-state index contributed by atoms with van der Waals surface area (Å²) in [5.74, 6) is 2.48. The van der Waals surface area contributed by atoms with E-state index in [2.05, 4.69) is 12.2 Å². The molecule has 1 aromatic rings. The third-order valence-electron chi connectivity index (χ3n) is 4.21. The Morgan fingerprint density at radius 1 is 1.10 bits per heavy atom. The van der Waals surface area contributed by atoms with Crippen molar-refractivity contribution in [3.63, 3.8) is 0 Å². The molecule has 1 aliphatic carbocycles. The first-order valence-corrected chi connectivity index (χ1v) is 8.43. The maximum Gasteiger partial charge on any atom is 0.161 e. The molecule has 1 aromatic carbocycles. The minimum atomic E-state index is 0.673. The molecule has 0 spiro atoms. The van der Waals surface area contributed by atoms with Gasteiger partial charge in [0.2, 0.25) is 0 Å². The van der Waals surface area contributed by atoms with Crippen LogP contribution in [0.2, 0.25) is 0 Å². The number of ether oxygens (including phenoxy) is 2. The molecule has 0 aromatic heterocycles. The van der Waals surface area contributed by atoms with Crippen molar-refractivity contribution in [2.75, 3.05) is 19.8 Å². The topological polar surface area (TPSA) is 30.5 Å². The fraction of sp³-hybridized carbons (Fsp3) is 0.667. The standard InChI is InChI=1S/C18H29NO2/c1-3-13-19-16-9-7-8-15(16)12-14-21-18-11-6-5-10-17(18)20-4-2/h5-6,10-11,15-16,19H,3-4,7-9,12-14H2,1-2H3. The van der Waals surface area contributed by atoms with E-state index in [1.165, 1.54) is 25.7 Å². The number of hydrogen-bond acceptors (Lipinski definition) is 3. The normalized spacial score (nSPS) is 21.4. The van der Waals surface area contributed by atoms with E-state index < -0.39 is 0 Å². The summed E-state index contributed by atoms with van der Waals surface area (Å²) in [4.78, 5) is 0. The summed E-state index contributed by atoms with van der Waals surface area (Å²) in [7, 11) is 0. The molecule has 1 aliphatic rings. The first kappa shape index (κ1) is 16.2. The van der Waals surface area contributed by atoms with Crippen LogP contribution in [0.4, 0.5) is 0 Å². The van der Waals surface area contributed by atoms with E-state index in [-0.39, 0.29) is 0 Å². The van der Waals surface area contributed by atoms with Gasteiger partial charge in [-0.05, 0) is 57.2 Å². The molecule has 0 amide bonds. The van der Waals surface area contributed by atoms with Crippen LogP contribution >= 0.6 is 0 Å². The molecular weight excluding hydrogens is 262 g/mol. The van der Waals surface area contributed by atoms with Crippen molar-refractivity contribution in [3.8, 4) is 11.5 Å². The van der Waals surface area contributed by atoms with Crippen molar-refractivity contribution in [1.82, 2.24) is 5.32 Å². The Bertz CT molecular complexity index is 408. The summed E-state index contributed by atoms with van der Waals surface area (Å²) in [5.41, 5.74) is 0. The summed E-state index contributed by atoms with van der Waals surface area (Å²) in [5, 5.41) is 3.68. The minimum Gasteiger partial charge on any atom is -0.490 e. The monoisotopic (exact) mass is 291 g/mol. The summed E-state index contributed by atoms with van der Waals surface area (Å²) >= 11 is 0. The van der Waals surface area contributed by atoms with Gasteiger partial charge in [0, 0.05) is 6.04 Å². The average Bonchev–Trinajstić information content (AvgIpc) is 2.94. The Hall–Kier alpha value is -1.22. The largest absolute Gasteiger partial charge is 0.490 e. The molecule has 1 saturated carbocycles. The van der Waals surface area contributed by atoms with Crippen LogP contribution in [0.5, 0.6) is 11.5 Å². The van der Waals surface area contributed by atoms with Gasteiger partial charge in [-0.2, -0.15) is 0 Å². The van der Waals surface area contributed by atoms with E-state index >= 15 is 0 Å². The highest BCUT2D eigenvalue weighted by Gasteiger charge is 2.26. The van der Waals surface area contributed by atoms with Crippen LogP contribution < -0.4 is 14.8 Å². The van der Waals surface area contributed by atoms with Crippen molar-refractivity contribution in [3.05, 3.63) is 24.3 Å². The highest BCUT2D eigenvalue weighted by Crippen LogP contribution is 2.30. The van der Waals surface area contributed by atoms with Crippen LogP contribution in [-0.2, 0) is 0 Å². The summed E-state index contributed by atoms with van der Waals surface area (Å²) < 4.78 is 11.5. The van der Waals surface area contributed by atoms with Gasteiger partial charge in [0.25, 0.3) is 0 Å². The van der Waals surface area contributed by atoms with Gasteiger partial charge < -0.3 is 14.8 Å². The lowest BCUT2D eigenvalue weighted by molar-refractivity contribution is 0.243. The first-order chi connectivity index (χ1) is 10.3. The van der Waals surface area contributed by atoms with Crippen molar-refractivity contribution in [1.29, 1.82) is 0 Å². The summed E-state index contributed by atoms with van der Waals surface area (Å²) in [6.07, 6.45) is 6.34.